The van der Waals surface area contributed by atoms with Crippen LogP contribution in [0, 0.1) is 0 Å². The molecule has 0 atom stereocenters. The van der Waals surface area contributed by atoms with E-state index in [0.717, 1.165) is 0 Å². The second kappa shape index (κ2) is 10.2. The van der Waals surface area contributed by atoms with Gasteiger partial charge in [-0.15, -0.1) is 0 Å². The average Bonchev–Trinajstić information content (AvgIpc) is 1.43. The van der Waals surface area contributed by atoms with Gasteiger partial charge in [0, 0.05) is 0 Å². The molecule has 0 amide bonds. The number of hydrogen-bond acceptors (Lipinski definition) is 5. The number of phosphoric acid groups is 3. The zero-order valence-electron chi connectivity index (χ0n) is 5.62. The Labute approximate surface area is 156 Å². The standard InChI is InChI=1S/3Na.H5O10P3.3H/c;;;1-11(2,3)9-13(7,8)10-12(4,5)6;;;/h;;;(H,7,8)(H2,1,2,3)(H2,4,5,6);;;. The van der Waals surface area contributed by atoms with E-state index in [9.17, 15) is 13.7 Å². The fourth-order valence-corrected chi connectivity index (χ4v) is 2.82. The Bertz CT molecular complexity index is 283. The summed E-state index contributed by atoms with van der Waals surface area (Å²) < 4.78 is 36.4. The summed E-state index contributed by atoms with van der Waals surface area (Å²) in [6, 6.07) is 0. The van der Waals surface area contributed by atoms with E-state index in [4.69, 9.17) is 24.5 Å². The van der Waals surface area contributed by atoms with Crippen molar-refractivity contribution in [2.75, 3.05) is 0 Å². The van der Waals surface area contributed by atoms with Crippen molar-refractivity contribution >= 4 is 112 Å². The molecule has 0 rings (SSSR count). The normalized spacial score (nSPS) is 11.8. The molecule has 0 saturated carbocycles. The van der Waals surface area contributed by atoms with Gasteiger partial charge >= 0.3 is 112 Å². The van der Waals surface area contributed by atoms with Crippen LogP contribution in [-0.2, 0) is 22.3 Å². The second-order valence-electron chi connectivity index (χ2n) is 1.61. The van der Waals surface area contributed by atoms with Gasteiger partial charge in [-0.3, -0.25) is 0 Å². The minimum absolute atomic E-state index is 0. The maximum absolute atomic E-state index is 10.4. The van der Waals surface area contributed by atoms with E-state index >= 15 is 0 Å². The van der Waals surface area contributed by atoms with Gasteiger partial charge in [-0.1, -0.05) is 0 Å². The predicted molar refractivity (Wildman–Crippen MR) is 57.5 cm³/mol. The fraction of sp³-hybridized carbons (Fsp3) is 0. The first-order chi connectivity index (χ1) is 5.41. The quantitative estimate of drug-likeness (QED) is 0.271. The molecule has 0 aliphatic heterocycles. The molecule has 0 aromatic rings. The Kier molecular flexibility index (Phi) is 17.6. The van der Waals surface area contributed by atoms with Crippen LogP contribution < -0.4 is 0 Å². The van der Waals surface area contributed by atoms with Gasteiger partial charge < -0.3 is 24.5 Å². The first kappa shape index (κ1) is 27.7. The molecule has 0 unspecified atom stereocenters. The van der Waals surface area contributed by atoms with Crippen molar-refractivity contribution in [3.05, 3.63) is 0 Å². The van der Waals surface area contributed by atoms with Gasteiger partial charge in [-0.25, -0.2) is 13.7 Å². The molecular formula is H8Na3O10P3. The summed E-state index contributed by atoms with van der Waals surface area (Å²) in [4.78, 5) is 40.2. The van der Waals surface area contributed by atoms with E-state index in [-0.39, 0.29) is 88.7 Å². The fourth-order valence-electron chi connectivity index (χ4n) is 0.284. The molecule has 0 bridgehead atoms. The Hall–Kier alpha value is 3.41. The SMILES string of the molecule is O=P(O)(O)OP(=O)(O)OP(=O)(O)O.[NaH].[NaH].[NaH]. The molecule has 10 nitrogen and oxygen atoms in total. The van der Waals surface area contributed by atoms with Crippen LogP contribution in [0.15, 0.2) is 0 Å². The third kappa shape index (κ3) is 19.7. The van der Waals surface area contributed by atoms with Gasteiger partial charge in [-0.05, 0) is 0 Å². The Morgan fingerprint density at radius 3 is 0.938 bits per heavy atom. The average molecular weight is 330 g/mol. The Morgan fingerprint density at radius 1 is 0.625 bits per heavy atom. The van der Waals surface area contributed by atoms with Gasteiger partial charge in [0.15, 0.2) is 0 Å². The first-order valence-electron chi connectivity index (χ1n) is 2.28. The molecular weight excluding hydrogens is 322 g/mol. The molecule has 16 heteroatoms. The van der Waals surface area contributed by atoms with E-state index in [1.54, 1.807) is 0 Å². The van der Waals surface area contributed by atoms with Crippen LogP contribution in [0.25, 0.3) is 0 Å². The van der Waals surface area contributed by atoms with Crippen LogP contribution in [-0.4, -0.2) is 113 Å². The third-order valence-corrected chi connectivity index (χ3v) is 3.77. The molecule has 0 saturated heterocycles. The van der Waals surface area contributed by atoms with Crippen molar-refractivity contribution in [3.63, 3.8) is 0 Å². The van der Waals surface area contributed by atoms with Crippen LogP contribution in [0.4, 0.5) is 0 Å². The molecule has 0 aliphatic carbocycles. The van der Waals surface area contributed by atoms with Gasteiger partial charge in [-0.2, -0.15) is 8.62 Å². The minimum atomic E-state index is -5.46. The monoisotopic (exact) mass is 330 g/mol. The predicted octanol–water partition coefficient (Wildman–Crippen LogP) is -2.64. The van der Waals surface area contributed by atoms with Crippen molar-refractivity contribution in [1.29, 1.82) is 0 Å². The van der Waals surface area contributed by atoms with Crippen LogP contribution in [0.1, 0.15) is 0 Å². The first-order valence-corrected chi connectivity index (χ1v) is 6.83. The zero-order chi connectivity index (χ0) is 10.9. The number of rotatable bonds is 4. The molecule has 0 aromatic carbocycles. The summed E-state index contributed by atoms with van der Waals surface area (Å²) in [7, 11) is -16.2. The molecule has 0 spiro atoms. The van der Waals surface area contributed by atoms with Crippen molar-refractivity contribution in [2.24, 2.45) is 0 Å². The summed E-state index contributed by atoms with van der Waals surface area (Å²) in [5, 5.41) is 0. The summed E-state index contributed by atoms with van der Waals surface area (Å²) in [5.41, 5.74) is 0. The third-order valence-electron chi connectivity index (χ3n) is 0.419. The van der Waals surface area contributed by atoms with Gasteiger partial charge in [0.1, 0.15) is 0 Å². The van der Waals surface area contributed by atoms with Crippen molar-refractivity contribution in [2.45, 2.75) is 0 Å². The number of hydrogen-bond donors (Lipinski definition) is 5. The van der Waals surface area contributed by atoms with Crippen molar-refractivity contribution in [1.82, 2.24) is 0 Å². The summed E-state index contributed by atoms with van der Waals surface area (Å²) in [5.74, 6) is 0. The molecule has 16 heavy (non-hydrogen) atoms. The van der Waals surface area contributed by atoms with E-state index in [2.05, 4.69) is 8.62 Å². The van der Waals surface area contributed by atoms with Crippen LogP contribution >= 0.6 is 23.5 Å². The van der Waals surface area contributed by atoms with Crippen LogP contribution in [0.5, 0.6) is 0 Å². The summed E-state index contributed by atoms with van der Waals surface area (Å²) in [6.45, 7) is 0. The Balaban J connectivity index is -0.000000240. The molecule has 0 radical (unpaired) electrons. The van der Waals surface area contributed by atoms with Gasteiger partial charge in [0.25, 0.3) is 0 Å². The van der Waals surface area contributed by atoms with E-state index in [1.807, 2.05) is 0 Å². The summed E-state index contributed by atoms with van der Waals surface area (Å²) >= 11 is 0. The molecule has 5 N–H and O–H groups in total. The molecule has 0 fully saturated rings. The van der Waals surface area contributed by atoms with Gasteiger partial charge in [0.05, 0.1) is 0 Å². The second-order valence-corrected chi connectivity index (χ2v) is 5.82. The topological polar surface area (TPSA) is 171 Å². The van der Waals surface area contributed by atoms with Crippen LogP contribution in [0.3, 0.4) is 0 Å². The molecule has 0 heterocycles. The van der Waals surface area contributed by atoms with Gasteiger partial charge in [0.2, 0.25) is 0 Å². The van der Waals surface area contributed by atoms with E-state index in [0.29, 0.717) is 0 Å². The van der Waals surface area contributed by atoms with E-state index in [1.165, 1.54) is 0 Å². The Morgan fingerprint density at radius 2 is 0.812 bits per heavy atom. The van der Waals surface area contributed by atoms with Crippen molar-refractivity contribution < 1.29 is 46.8 Å². The zero-order valence-corrected chi connectivity index (χ0v) is 8.30. The van der Waals surface area contributed by atoms with E-state index < -0.39 is 23.5 Å². The van der Waals surface area contributed by atoms with Crippen molar-refractivity contribution in [3.8, 4) is 0 Å². The molecule has 0 aromatic heterocycles. The maximum atomic E-state index is 10.4. The van der Waals surface area contributed by atoms with Crippen LogP contribution in [0.2, 0.25) is 0 Å². The summed E-state index contributed by atoms with van der Waals surface area (Å²) in [6.07, 6.45) is 0. The molecule has 0 aliphatic rings. The molecule has 86 valence electrons.